The zero-order chi connectivity index (χ0) is 14.8. The van der Waals surface area contributed by atoms with E-state index in [1.54, 1.807) is 0 Å². The van der Waals surface area contributed by atoms with Crippen molar-refractivity contribution in [3.05, 3.63) is 57.5 Å². The lowest BCUT2D eigenvalue weighted by atomic mass is 9.97. The smallest absolute Gasteiger partial charge is 0.134 e. The van der Waals surface area contributed by atoms with Gasteiger partial charge in [0.25, 0.3) is 0 Å². The van der Waals surface area contributed by atoms with Crippen molar-refractivity contribution < 1.29 is 4.42 Å². The summed E-state index contributed by atoms with van der Waals surface area (Å²) in [7, 11) is 2.03. The van der Waals surface area contributed by atoms with Crippen LogP contribution >= 0.6 is 11.3 Å². The average molecular weight is 299 g/mol. The summed E-state index contributed by atoms with van der Waals surface area (Å²) < 4.78 is 6.07. The molecule has 3 aromatic rings. The molecule has 0 aliphatic carbocycles. The molecule has 0 spiro atoms. The van der Waals surface area contributed by atoms with E-state index in [-0.39, 0.29) is 6.04 Å². The molecule has 2 nitrogen and oxygen atoms in total. The van der Waals surface area contributed by atoms with Crippen molar-refractivity contribution >= 4 is 22.3 Å². The highest BCUT2D eigenvalue weighted by Crippen LogP contribution is 2.37. The van der Waals surface area contributed by atoms with Gasteiger partial charge in [0.15, 0.2) is 0 Å². The third-order valence-corrected chi connectivity index (χ3v) is 5.06. The monoisotopic (exact) mass is 299 g/mol. The molecule has 2 heterocycles. The maximum atomic E-state index is 6.07. The number of para-hydroxylation sites is 1. The predicted molar refractivity (Wildman–Crippen MR) is 90.2 cm³/mol. The van der Waals surface area contributed by atoms with Gasteiger partial charge < -0.3 is 9.73 Å². The zero-order valence-corrected chi connectivity index (χ0v) is 13.6. The molecular formula is C18H21NOS. The minimum Gasteiger partial charge on any atom is -0.461 e. The van der Waals surface area contributed by atoms with E-state index in [0.717, 1.165) is 24.2 Å². The van der Waals surface area contributed by atoms with Gasteiger partial charge in [-0.25, -0.2) is 0 Å². The van der Waals surface area contributed by atoms with Gasteiger partial charge in [-0.2, -0.15) is 0 Å². The van der Waals surface area contributed by atoms with Crippen LogP contribution in [0.4, 0.5) is 0 Å². The molecule has 0 fully saturated rings. The summed E-state index contributed by atoms with van der Waals surface area (Å²) in [6.45, 7) is 4.37. The van der Waals surface area contributed by atoms with E-state index >= 15 is 0 Å². The van der Waals surface area contributed by atoms with E-state index in [1.165, 1.54) is 21.4 Å². The Morgan fingerprint density at radius 2 is 1.95 bits per heavy atom. The van der Waals surface area contributed by atoms with Crippen LogP contribution < -0.4 is 5.32 Å². The molecule has 0 bridgehead atoms. The fourth-order valence-electron chi connectivity index (χ4n) is 2.99. The molecule has 0 radical (unpaired) electrons. The highest BCUT2D eigenvalue weighted by molar-refractivity contribution is 7.10. The molecule has 3 rings (SSSR count). The van der Waals surface area contributed by atoms with Crippen LogP contribution in [0.1, 0.15) is 41.7 Å². The summed E-state index contributed by atoms with van der Waals surface area (Å²) >= 11 is 1.83. The molecule has 1 unspecified atom stereocenters. The van der Waals surface area contributed by atoms with Crippen LogP contribution in [0.25, 0.3) is 11.0 Å². The van der Waals surface area contributed by atoms with Crippen LogP contribution in [0.15, 0.2) is 40.1 Å². The largest absolute Gasteiger partial charge is 0.461 e. The van der Waals surface area contributed by atoms with Gasteiger partial charge in [0.2, 0.25) is 0 Å². The molecule has 110 valence electrons. The third-order valence-electron chi connectivity index (χ3n) is 4.03. The predicted octanol–water partition coefficient (Wildman–Crippen LogP) is 4.93. The van der Waals surface area contributed by atoms with Gasteiger partial charge in [0.1, 0.15) is 11.3 Å². The molecule has 1 atom stereocenters. The Bertz CT molecular complexity index is 741. The van der Waals surface area contributed by atoms with Crippen LogP contribution in [-0.2, 0) is 12.8 Å². The molecule has 0 amide bonds. The summed E-state index contributed by atoms with van der Waals surface area (Å²) in [5.74, 6) is 1.09. The quantitative estimate of drug-likeness (QED) is 0.723. The van der Waals surface area contributed by atoms with Crippen molar-refractivity contribution in [2.75, 3.05) is 7.05 Å². The van der Waals surface area contributed by atoms with E-state index in [9.17, 15) is 0 Å². The van der Waals surface area contributed by atoms with E-state index in [1.807, 2.05) is 24.5 Å². The molecule has 0 saturated heterocycles. The van der Waals surface area contributed by atoms with Gasteiger partial charge in [-0.15, -0.1) is 11.3 Å². The first-order chi connectivity index (χ1) is 10.3. The lowest BCUT2D eigenvalue weighted by Crippen LogP contribution is -2.18. The van der Waals surface area contributed by atoms with E-state index in [4.69, 9.17) is 4.42 Å². The number of thiophene rings is 1. The summed E-state index contributed by atoms with van der Waals surface area (Å²) in [4.78, 5) is 1.40. The number of rotatable bonds is 5. The lowest BCUT2D eigenvalue weighted by Gasteiger charge is -2.17. The van der Waals surface area contributed by atoms with Gasteiger partial charge in [-0.05, 0) is 36.5 Å². The third kappa shape index (κ3) is 2.41. The van der Waals surface area contributed by atoms with Crippen molar-refractivity contribution in [3.63, 3.8) is 0 Å². The Kier molecular flexibility index (Phi) is 4.13. The van der Waals surface area contributed by atoms with Gasteiger partial charge >= 0.3 is 0 Å². The maximum absolute atomic E-state index is 6.07. The number of furan rings is 1. The highest BCUT2D eigenvalue weighted by Gasteiger charge is 2.24. The molecular weight excluding hydrogens is 278 g/mol. The Morgan fingerprint density at radius 1 is 1.14 bits per heavy atom. The molecule has 21 heavy (non-hydrogen) atoms. The fraction of sp³-hybridized carbons (Fsp3) is 0.333. The number of nitrogens with one attached hydrogen (secondary N) is 1. The molecule has 2 aromatic heterocycles. The average Bonchev–Trinajstić information content (AvgIpc) is 3.13. The van der Waals surface area contributed by atoms with Crippen LogP contribution in [0.2, 0.25) is 0 Å². The Morgan fingerprint density at radius 3 is 2.67 bits per heavy atom. The first-order valence-electron chi connectivity index (χ1n) is 7.53. The molecule has 3 heteroatoms. The van der Waals surface area contributed by atoms with Crippen LogP contribution in [0.3, 0.4) is 0 Å². The van der Waals surface area contributed by atoms with E-state index < -0.39 is 0 Å². The minimum absolute atomic E-state index is 0.207. The summed E-state index contributed by atoms with van der Waals surface area (Å²) in [6, 6.07) is 10.8. The molecule has 1 N–H and O–H groups in total. The zero-order valence-electron chi connectivity index (χ0n) is 12.8. The Hall–Kier alpha value is -1.58. The van der Waals surface area contributed by atoms with Crippen LogP contribution in [0.5, 0.6) is 0 Å². The second kappa shape index (κ2) is 6.04. The van der Waals surface area contributed by atoms with Crippen molar-refractivity contribution in [1.82, 2.24) is 5.32 Å². The summed E-state index contributed by atoms with van der Waals surface area (Å²) in [6.07, 6.45) is 1.98. The minimum atomic E-state index is 0.207. The number of benzene rings is 1. The van der Waals surface area contributed by atoms with Gasteiger partial charge in [-0.3, -0.25) is 0 Å². The number of hydrogen-bond donors (Lipinski definition) is 1. The van der Waals surface area contributed by atoms with Crippen molar-refractivity contribution in [1.29, 1.82) is 0 Å². The summed E-state index contributed by atoms with van der Waals surface area (Å²) in [5, 5.41) is 6.91. The van der Waals surface area contributed by atoms with Crippen LogP contribution in [0, 0.1) is 0 Å². The second-order valence-electron chi connectivity index (χ2n) is 5.17. The molecule has 1 aromatic carbocycles. The van der Waals surface area contributed by atoms with Gasteiger partial charge in [0.05, 0.1) is 6.04 Å². The SMILES string of the molecule is CCc1ccsc1C(NC)c1c(CC)oc2ccccc12. The first kappa shape index (κ1) is 14.4. The number of fused-ring (bicyclic) bond motifs is 1. The van der Waals surface area contributed by atoms with E-state index in [0.29, 0.717) is 0 Å². The number of aryl methyl sites for hydroxylation is 2. The lowest BCUT2D eigenvalue weighted by molar-refractivity contribution is 0.540. The Labute approximate surface area is 129 Å². The van der Waals surface area contributed by atoms with Crippen molar-refractivity contribution in [3.8, 4) is 0 Å². The first-order valence-corrected chi connectivity index (χ1v) is 8.41. The molecule has 0 aliphatic heterocycles. The molecule has 0 aliphatic rings. The van der Waals surface area contributed by atoms with Gasteiger partial charge in [0, 0.05) is 22.2 Å². The normalized spacial score (nSPS) is 12.9. The topological polar surface area (TPSA) is 25.2 Å². The standard InChI is InChI=1S/C18H21NOS/c1-4-12-10-11-21-18(12)17(19-3)16-13-8-6-7-9-15(13)20-14(16)5-2/h6-11,17,19H,4-5H2,1-3H3. The second-order valence-corrected chi connectivity index (χ2v) is 6.12. The van der Waals surface area contributed by atoms with Gasteiger partial charge in [-0.1, -0.05) is 32.0 Å². The van der Waals surface area contributed by atoms with E-state index in [2.05, 4.69) is 48.8 Å². The maximum Gasteiger partial charge on any atom is 0.134 e. The van der Waals surface area contributed by atoms with Crippen molar-refractivity contribution in [2.24, 2.45) is 0 Å². The van der Waals surface area contributed by atoms with Crippen LogP contribution in [-0.4, -0.2) is 7.05 Å². The molecule has 0 saturated carbocycles. The van der Waals surface area contributed by atoms with Crippen molar-refractivity contribution in [2.45, 2.75) is 32.7 Å². The fourth-order valence-corrected chi connectivity index (χ4v) is 4.11. The number of hydrogen-bond acceptors (Lipinski definition) is 3. The highest BCUT2D eigenvalue weighted by atomic mass is 32.1. The Balaban J connectivity index is 2.21. The summed E-state index contributed by atoms with van der Waals surface area (Å²) in [5.41, 5.74) is 3.71.